The van der Waals surface area contributed by atoms with Crippen molar-refractivity contribution >= 4 is 10.9 Å². The van der Waals surface area contributed by atoms with Crippen LogP contribution < -0.4 is 5.32 Å². The van der Waals surface area contributed by atoms with Crippen molar-refractivity contribution in [2.75, 3.05) is 0 Å². The third-order valence-corrected chi connectivity index (χ3v) is 3.70. The lowest BCUT2D eigenvalue weighted by molar-refractivity contribution is 0.761. The monoisotopic (exact) mass is 225 g/mol. The first-order chi connectivity index (χ1) is 8.26. The van der Waals surface area contributed by atoms with E-state index in [9.17, 15) is 5.26 Å². The van der Waals surface area contributed by atoms with Gasteiger partial charge in [-0.3, -0.25) is 0 Å². The first-order valence-corrected chi connectivity index (χ1v) is 6.01. The quantitative estimate of drug-likeness (QED) is 0.809. The molecule has 0 aliphatic carbocycles. The van der Waals surface area contributed by atoms with Crippen LogP contribution in [0.4, 0.5) is 0 Å². The van der Waals surface area contributed by atoms with Crippen molar-refractivity contribution in [3.05, 3.63) is 34.5 Å². The molecule has 17 heavy (non-hydrogen) atoms. The smallest absolute Gasteiger partial charge is 0.102 e. The van der Waals surface area contributed by atoms with E-state index < -0.39 is 0 Å². The van der Waals surface area contributed by atoms with Gasteiger partial charge in [-0.1, -0.05) is 0 Å². The topological polar surface area (TPSA) is 40.8 Å². The standard InChI is InChI=1S/C14H15N3/c1-3-17-9(2)13(6-15)12-4-10-7-16-8-11(10)5-14(12)17/h4-5,16H,3,7-8H2,1-2H3. The van der Waals surface area contributed by atoms with Crippen molar-refractivity contribution in [2.24, 2.45) is 0 Å². The predicted octanol–water partition coefficient (Wildman–Crippen LogP) is 2.44. The van der Waals surface area contributed by atoms with Crippen LogP contribution in [0.2, 0.25) is 0 Å². The second-order valence-corrected chi connectivity index (χ2v) is 4.56. The highest BCUT2D eigenvalue weighted by atomic mass is 15.0. The normalized spacial score (nSPS) is 13.9. The van der Waals surface area contributed by atoms with Crippen LogP contribution in [0.5, 0.6) is 0 Å². The van der Waals surface area contributed by atoms with Gasteiger partial charge in [0.1, 0.15) is 6.07 Å². The molecule has 0 unspecified atom stereocenters. The number of hydrogen-bond donors (Lipinski definition) is 1. The second kappa shape index (κ2) is 3.61. The Hall–Kier alpha value is -1.79. The summed E-state index contributed by atoms with van der Waals surface area (Å²) in [5.74, 6) is 0. The molecule has 2 aromatic rings. The van der Waals surface area contributed by atoms with Crippen molar-refractivity contribution in [1.29, 1.82) is 5.26 Å². The molecule has 0 saturated heterocycles. The van der Waals surface area contributed by atoms with E-state index in [0.717, 1.165) is 36.3 Å². The Labute approximate surface area is 101 Å². The average molecular weight is 225 g/mol. The Morgan fingerprint density at radius 3 is 2.71 bits per heavy atom. The number of fused-ring (bicyclic) bond motifs is 2. The van der Waals surface area contributed by atoms with Crippen LogP contribution in [0.3, 0.4) is 0 Å². The van der Waals surface area contributed by atoms with Gasteiger partial charge in [0.05, 0.1) is 5.56 Å². The van der Waals surface area contributed by atoms with Crippen LogP contribution in [0, 0.1) is 18.3 Å². The van der Waals surface area contributed by atoms with E-state index in [0.29, 0.717) is 0 Å². The summed E-state index contributed by atoms with van der Waals surface area (Å²) < 4.78 is 2.23. The summed E-state index contributed by atoms with van der Waals surface area (Å²) in [4.78, 5) is 0. The van der Waals surface area contributed by atoms with Gasteiger partial charge in [-0.15, -0.1) is 0 Å². The molecular weight excluding hydrogens is 210 g/mol. The van der Waals surface area contributed by atoms with Crippen molar-refractivity contribution in [2.45, 2.75) is 33.5 Å². The summed E-state index contributed by atoms with van der Waals surface area (Å²) in [5, 5.41) is 13.8. The lowest BCUT2D eigenvalue weighted by atomic mass is 10.1. The molecule has 3 rings (SSSR count). The van der Waals surface area contributed by atoms with E-state index in [2.05, 4.69) is 35.0 Å². The van der Waals surface area contributed by atoms with Gasteiger partial charge in [-0.05, 0) is 37.1 Å². The van der Waals surface area contributed by atoms with E-state index in [4.69, 9.17) is 0 Å². The van der Waals surface area contributed by atoms with Crippen LogP contribution in [0.25, 0.3) is 10.9 Å². The third kappa shape index (κ3) is 1.31. The molecule has 0 amide bonds. The Morgan fingerprint density at radius 2 is 2.06 bits per heavy atom. The minimum atomic E-state index is 0.830. The van der Waals surface area contributed by atoms with Crippen LogP contribution >= 0.6 is 0 Å². The maximum Gasteiger partial charge on any atom is 0.102 e. The second-order valence-electron chi connectivity index (χ2n) is 4.56. The van der Waals surface area contributed by atoms with E-state index in [1.807, 2.05) is 6.92 Å². The van der Waals surface area contributed by atoms with Crippen molar-refractivity contribution in [1.82, 2.24) is 9.88 Å². The SMILES string of the molecule is CCn1c(C)c(C#N)c2cc3c(cc21)CNC3. The van der Waals surface area contributed by atoms with Gasteiger partial charge in [0.15, 0.2) is 0 Å². The van der Waals surface area contributed by atoms with Crippen molar-refractivity contribution in [3.8, 4) is 6.07 Å². The molecule has 3 heteroatoms. The summed E-state index contributed by atoms with van der Waals surface area (Å²) in [7, 11) is 0. The molecule has 86 valence electrons. The average Bonchev–Trinajstić information content (AvgIpc) is 2.87. The maximum absolute atomic E-state index is 9.29. The van der Waals surface area contributed by atoms with Gasteiger partial charge in [-0.25, -0.2) is 0 Å². The minimum absolute atomic E-state index is 0.830. The minimum Gasteiger partial charge on any atom is -0.344 e. The third-order valence-electron chi connectivity index (χ3n) is 3.70. The number of rotatable bonds is 1. The first kappa shape index (κ1) is 10.4. The molecule has 1 aromatic heterocycles. The van der Waals surface area contributed by atoms with Crippen molar-refractivity contribution < 1.29 is 0 Å². The molecule has 2 heterocycles. The molecule has 0 radical (unpaired) electrons. The number of nitrogens with one attached hydrogen (secondary N) is 1. The number of nitrogens with zero attached hydrogens (tertiary/aromatic N) is 2. The maximum atomic E-state index is 9.29. The fraction of sp³-hybridized carbons (Fsp3) is 0.357. The molecule has 1 aromatic carbocycles. The first-order valence-electron chi connectivity index (χ1n) is 6.01. The predicted molar refractivity (Wildman–Crippen MR) is 67.6 cm³/mol. The van der Waals surface area contributed by atoms with Crippen LogP contribution in [-0.2, 0) is 19.6 Å². The lowest BCUT2D eigenvalue weighted by Crippen LogP contribution is -2.00. The van der Waals surface area contributed by atoms with E-state index in [-0.39, 0.29) is 0 Å². The zero-order chi connectivity index (χ0) is 12.0. The van der Waals surface area contributed by atoms with Gasteiger partial charge >= 0.3 is 0 Å². The summed E-state index contributed by atoms with van der Waals surface area (Å²) in [6.07, 6.45) is 0. The summed E-state index contributed by atoms with van der Waals surface area (Å²) in [6, 6.07) is 6.76. The molecule has 1 N–H and O–H groups in total. The van der Waals surface area contributed by atoms with Gasteiger partial charge in [-0.2, -0.15) is 5.26 Å². The van der Waals surface area contributed by atoms with Crippen LogP contribution in [0.15, 0.2) is 12.1 Å². The number of hydrogen-bond acceptors (Lipinski definition) is 2. The number of aryl methyl sites for hydroxylation is 1. The largest absolute Gasteiger partial charge is 0.344 e. The number of nitriles is 1. The van der Waals surface area contributed by atoms with Gasteiger partial charge in [0.2, 0.25) is 0 Å². The highest BCUT2D eigenvalue weighted by molar-refractivity contribution is 5.89. The van der Waals surface area contributed by atoms with Gasteiger partial charge < -0.3 is 9.88 Å². The van der Waals surface area contributed by atoms with E-state index in [1.165, 1.54) is 16.6 Å². The Balaban J connectivity index is 2.42. The van der Waals surface area contributed by atoms with Crippen LogP contribution in [-0.4, -0.2) is 4.57 Å². The highest BCUT2D eigenvalue weighted by Gasteiger charge is 2.17. The molecular formula is C14H15N3. The summed E-state index contributed by atoms with van der Waals surface area (Å²) in [5.41, 5.74) is 5.82. The molecule has 0 spiro atoms. The summed E-state index contributed by atoms with van der Waals surface area (Å²) in [6.45, 7) is 6.94. The van der Waals surface area contributed by atoms with Gasteiger partial charge in [0.25, 0.3) is 0 Å². The zero-order valence-electron chi connectivity index (χ0n) is 10.2. The molecule has 3 nitrogen and oxygen atoms in total. The fourth-order valence-corrected chi connectivity index (χ4v) is 2.82. The molecule has 0 atom stereocenters. The van der Waals surface area contributed by atoms with Crippen molar-refractivity contribution in [3.63, 3.8) is 0 Å². The highest BCUT2D eigenvalue weighted by Crippen LogP contribution is 2.30. The zero-order valence-corrected chi connectivity index (χ0v) is 10.2. The molecule has 1 aliphatic rings. The van der Waals surface area contributed by atoms with E-state index in [1.54, 1.807) is 0 Å². The lowest BCUT2D eigenvalue weighted by Gasteiger charge is -2.05. The fourth-order valence-electron chi connectivity index (χ4n) is 2.82. The molecule has 1 aliphatic heterocycles. The van der Waals surface area contributed by atoms with Crippen LogP contribution in [0.1, 0.15) is 29.3 Å². The number of benzene rings is 1. The summed E-state index contributed by atoms with van der Waals surface area (Å²) >= 11 is 0. The Bertz CT molecular complexity index is 644. The number of aromatic nitrogens is 1. The molecule has 0 fully saturated rings. The Kier molecular flexibility index (Phi) is 2.20. The molecule has 0 bridgehead atoms. The van der Waals surface area contributed by atoms with E-state index >= 15 is 0 Å². The molecule has 0 saturated carbocycles. The Morgan fingerprint density at radius 1 is 1.35 bits per heavy atom. The van der Waals surface area contributed by atoms with Gasteiger partial charge in [0, 0.05) is 36.2 Å².